The molecule has 112 valence electrons. The summed E-state index contributed by atoms with van der Waals surface area (Å²) in [5, 5.41) is 12.7. The Morgan fingerprint density at radius 1 is 1.09 bits per heavy atom. The molecular formula is C18H17NO3. The molecule has 2 aromatic rings. The zero-order valence-electron chi connectivity index (χ0n) is 12.4. The lowest BCUT2D eigenvalue weighted by molar-refractivity contribution is 0.0500. The zero-order valence-corrected chi connectivity index (χ0v) is 12.4. The number of oxime groups is 1. The Bertz CT molecular complexity index is 750. The van der Waals surface area contributed by atoms with Crippen LogP contribution in [0.3, 0.4) is 0 Å². The van der Waals surface area contributed by atoms with E-state index in [1.54, 1.807) is 12.1 Å². The fourth-order valence-corrected chi connectivity index (χ4v) is 2.76. The van der Waals surface area contributed by atoms with Crippen molar-refractivity contribution < 1.29 is 14.7 Å². The number of ether oxygens (including phenoxy) is 1. The Kier molecular flexibility index (Phi) is 3.92. The van der Waals surface area contributed by atoms with E-state index in [1.165, 1.54) is 0 Å². The van der Waals surface area contributed by atoms with E-state index in [9.17, 15) is 10.0 Å². The van der Waals surface area contributed by atoms with Crippen molar-refractivity contribution >= 4 is 11.7 Å². The van der Waals surface area contributed by atoms with Gasteiger partial charge in [-0.2, -0.15) is 0 Å². The summed E-state index contributed by atoms with van der Waals surface area (Å²) < 4.78 is 5.34. The molecule has 3 rings (SSSR count). The monoisotopic (exact) mass is 295 g/mol. The molecule has 1 aliphatic carbocycles. The van der Waals surface area contributed by atoms with Gasteiger partial charge in [-0.25, -0.2) is 4.79 Å². The number of esters is 1. The molecule has 1 aliphatic rings. The van der Waals surface area contributed by atoms with Crippen LogP contribution in [0.25, 0.3) is 11.1 Å². The molecule has 2 aromatic carbocycles. The lowest BCUT2D eigenvalue weighted by atomic mass is 9.99. The maximum Gasteiger partial charge on any atom is 0.338 e. The smallest absolute Gasteiger partial charge is 0.338 e. The molecule has 0 unspecified atom stereocenters. The Morgan fingerprint density at radius 2 is 1.82 bits per heavy atom. The van der Waals surface area contributed by atoms with E-state index in [1.807, 2.05) is 37.3 Å². The van der Waals surface area contributed by atoms with Crippen molar-refractivity contribution in [3.05, 3.63) is 59.2 Å². The number of hydrogen-bond donors (Lipinski definition) is 1. The van der Waals surface area contributed by atoms with Crippen LogP contribution in [-0.2, 0) is 4.74 Å². The molecule has 0 heterocycles. The van der Waals surface area contributed by atoms with Gasteiger partial charge in [-0.15, -0.1) is 0 Å². The minimum absolute atomic E-state index is 0.334. The third kappa shape index (κ3) is 2.26. The number of fused-ring (bicyclic) bond motifs is 3. The normalized spacial score (nSPS) is 13.8. The summed E-state index contributed by atoms with van der Waals surface area (Å²) in [5.41, 5.74) is 4.27. The number of hydrogen-bond acceptors (Lipinski definition) is 4. The minimum Gasteiger partial charge on any atom is -0.462 e. The van der Waals surface area contributed by atoms with E-state index in [4.69, 9.17) is 4.74 Å². The van der Waals surface area contributed by atoms with Gasteiger partial charge in [0.2, 0.25) is 0 Å². The Morgan fingerprint density at radius 3 is 2.55 bits per heavy atom. The summed E-state index contributed by atoms with van der Waals surface area (Å²) in [7, 11) is 0. The van der Waals surface area contributed by atoms with Gasteiger partial charge in [0.25, 0.3) is 0 Å². The topological polar surface area (TPSA) is 58.9 Å². The maximum absolute atomic E-state index is 12.4. The first-order chi connectivity index (χ1) is 10.8. The second-order valence-electron chi connectivity index (χ2n) is 5.21. The van der Waals surface area contributed by atoms with Gasteiger partial charge in [0.15, 0.2) is 0 Å². The van der Waals surface area contributed by atoms with E-state index in [-0.39, 0.29) is 5.97 Å². The van der Waals surface area contributed by atoms with Gasteiger partial charge in [-0.05, 0) is 18.1 Å². The first kappa shape index (κ1) is 14.3. The third-order valence-electron chi connectivity index (χ3n) is 3.82. The first-order valence-corrected chi connectivity index (χ1v) is 7.40. The maximum atomic E-state index is 12.4. The van der Waals surface area contributed by atoms with Crippen molar-refractivity contribution in [3.8, 4) is 11.1 Å². The van der Waals surface area contributed by atoms with E-state index in [2.05, 4.69) is 5.16 Å². The number of rotatable bonds is 4. The van der Waals surface area contributed by atoms with Crippen LogP contribution in [-0.4, -0.2) is 23.5 Å². The van der Waals surface area contributed by atoms with Gasteiger partial charge in [-0.3, -0.25) is 0 Å². The van der Waals surface area contributed by atoms with Crippen molar-refractivity contribution in [1.29, 1.82) is 0 Å². The van der Waals surface area contributed by atoms with Crippen molar-refractivity contribution in [2.75, 3.05) is 6.61 Å². The Hall–Kier alpha value is -2.62. The largest absolute Gasteiger partial charge is 0.462 e. The molecule has 0 bridgehead atoms. The SMILES string of the molecule is CCCCOC(=O)c1cccc2c1-c1ccccc1C2=NO. The van der Waals surface area contributed by atoms with Crippen LogP contribution in [0.5, 0.6) is 0 Å². The molecular weight excluding hydrogens is 278 g/mol. The molecule has 22 heavy (non-hydrogen) atoms. The minimum atomic E-state index is -0.334. The predicted molar refractivity (Wildman–Crippen MR) is 84.5 cm³/mol. The van der Waals surface area contributed by atoms with Crippen LogP contribution in [0.15, 0.2) is 47.6 Å². The fraction of sp³-hybridized carbons (Fsp3) is 0.222. The highest BCUT2D eigenvalue weighted by atomic mass is 16.5. The second kappa shape index (κ2) is 6.02. The van der Waals surface area contributed by atoms with Crippen LogP contribution in [0, 0.1) is 0 Å². The average Bonchev–Trinajstić information content (AvgIpc) is 2.88. The average molecular weight is 295 g/mol. The summed E-state index contributed by atoms with van der Waals surface area (Å²) in [5.74, 6) is -0.334. The van der Waals surface area contributed by atoms with Crippen molar-refractivity contribution in [2.45, 2.75) is 19.8 Å². The van der Waals surface area contributed by atoms with Gasteiger partial charge >= 0.3 is 5.97 Å². The molecule has 1 N–H and O–H groups in total. The molecule has 0 saturated carbocycles. The van der Waals surface area contributed by atoms with Gasteiger partial charge in [0, 0.05) is 16.7 Å². The van der Waals surface area contributed by atoms with Crippen LogP contribution in [0.1, 0.15) is 41.3 Å². The summed E-state index contributed by atoms with van der Waals surface area (Å²) in [6, 6.07) is 13.0. The lowest BCUT2D eigenvalue weighted by Crippen LogP contribution is -2.08. The van der Waals surface area contributed by atoms with Crippen molar-refractivity contribution in [1.82, 2.24) is 0 Å². The lowest BCUT2D eigenvalue weighted by Gasteiger charge is -2.09. The first-order valence-electron chi connectivity index (χ1n) is 7.40. The molecule has 0 spiro atoms. The van der Waals surface area contributed by atoms with Gasteiger partial charge < -0.3 is 9.94 Å². The van der Waals surface area contributed by atoms with E-state index in [0.717, 1.165) is 35.1 Å². The summed E-state index contributed by atoms with van der Waals surface area (Å²) in [6.07, 6.45) is 1.82. The van der Waals surface area contributed by atoms with Gasteiger partial charge in [0.1, 0.15) is 5.71 Å². The van der Waals surface area contributed by atoms with Crippen LogP contribution in [0.2, 0.25) is 0 Å². The van der Waals surface area contributed by atoms with E-state index < -0.39 is 0 Å². The van der Waals surface area contributed by atoms with Crippen molar-refractivity contribution in [3.63, 3.8) is 0 Å². The second-order valence-corrected chi connectivity index (χ2v) is 5.21. The molecule has 0 saturated heterocycles. The number of unbranched alkanes of at least 4 members (excludes halogenated alkanes) is 1. The van der Waals surface area contributed by atoms with Crippen LogP contribution >= 0.6 is 0 Å². The standard InChI is InChI=1S/C18H17NO3/c1-2-3-11-22-18(20)15-10-6-9-14-16(15)12-7-4-5-8-13(12)17(14)19-21/h4-10,21H,2-3,11H2,1H3. The molecule has 0 amide bonds. The highest BCUT2D eigenvalue weighted by Crippen LogP contribution is 2.39. The number of nitrogens with zero attached hydrogens (tertiary/aromatic N) is 1. The molecule has 4 heteroatoms. The summed E-state index contributed by atoms with van der Waals surface area (Å²) in [6.45, 7) is 2.47. The van der Waals surface area contributed by atoms with Crippen LogP contribution in [0.4, 0.5) is 0 Å². The zero-order chi connectivity index (χ0) is 15.5. The predicted octanol–water partition coefficient (Wildman–Crippen LogP) is 3.85. The highest BCUT2D eigenvalue weighted by molar-refractivity contribution is 6.26. The fourth-order valence-electron chi connectivity index (χ4n) is 2.76. The molecule has 0 atom stereocenters. The molecule has 0 aliphatic heterocycles. The van der Waals surface area contributed by atoms with E-state index >= 15 is 0 Å². The molecule has 0 aromatic heterocycles. The number of benzene rings is 2. The van der Waals surface area contributed by atoms with Crippen molar-refractivity contribution in [2.24, 2.45) is 5.16 Å². The molecule has 0 fully saturated rings. The third-order valence-corrected chi connectivity index (χ3v) is 3.82. The van der Waals surface area contributed by atoms with Gasteiger partial charge in [0.05, 0.1) is 12.2 Å². The summed E-state index contributed by atoms with van der Waals surface area (Å²) in [4.78, 5) is 12.4. The number of carbonyl (C=O) groups excluding carboxylic acids is 1. The highest BCUT2D eigenvalue weighted by Gasteiger charge is 2.29. The van der Waals surface area contributed by atoms with Crippen LogP contribution < -0.4 is 0 Å². The Labute approximate surface area is 129 Å². The molecule has 4 nitrogen and oxygen atoms in total. The quantitative estimate of drug-likeness (QED) is 0.344. The van der Waals surface area contributed by atoms with E-state index in [0.29, 0.717) is 17.9 Å². The Balaban J connectivity index is 2.08. The van der Waals surface area contributed by atoms with Gasteiger partial charge in [-0.1, -0.05) is 54.9 Å². The molecule has 0 radical (unpaired) electrons. The summed E-state index contributed by atoms with van der Waals surface area (Å²) >= 11 is 0. The number of carbonyl (C=O) groups is 1.